The Hall–Kier alpha value is -1.77. The van der Waals surface area contributed by atoms with Crippen LogP contribution in [0.15, 0.2) is 12.1 Å². The van der Waals surface area contributed by atoms with E-state index < -0.39 is 5.97 Å². The molecule has 2 N–H and O–H groups in total. The molecule has 3 rings (SSSR count). The Balaban J connectivity index is 2.07. The molecule has 0 unspecified atom stereocenters. The molecule has 1 heterocycles. The molecule has 0 fully saturated rings. The van der Waals surface area contributed by atoms with Crippen LogP contribution in [0.25, 0.3) is 10.9 Å². The zero-order valence-electron chi connectivity index (χ0n) is 10.5. The number of hydrogen-bond acceptors (Lipinski definition) is 1. The van der Waals surface area contributed by atoms with E-state index in [4.69, 9.17) is 5.11 Å². The molecule has 1 aromatic heterocycles. The first-order valence-electron chi connectivity index (χ1n) is 6.50. The Morgan fingerprint density at radius 1 is 1.33 bits per heavy atom. The number of carboxylic acids is 1. The summed E-state index contributed by atoms with van der Waals surface area (Å²) in [6.45, 7) is 2.03. The lowest BCUT2D eigenvalue weighted by Crippen LogP contribution is -1.98. The summed E-state index contributed by atoms with van der Waals surface area (Å²) in [5.41, 5.74) is 6.33. The van der Waals surface area contributed by atoms with Gasteiger partial charge >= 0.3 is 5.97 Å². The van der Waals surface area contributed by atoms with Gasteiger partial charge in [-0.1, -0.05) is 0 Å². The molecular formula is C15H17NO2. The Labute approximate surface area is 106 Å². The lowest BCUT2D eigenvalue weighted by atomic mass is 10.0. The second-order valence-electron chi connectivity index (χ2n) is 5.14. The zero-order chi connectivity index (χ0) is 12.7. The highest BCUT2D eigenvalue weighted by Gasteiger charge is 2.16. The summed E-state index contributed by atoms with van der Waals surface area (Å²) in [4.78, 5) is 14.1. The summed E-state index contributed by atoms with van der Waals surface area (Å²) in [5, 5.41) is 10.0. The van der Waals surface area contributed by atoms with Gasteiger partial charge in [-0.2, -0.15) is 0 Å². The van der Waals surface area contributed by atoms with Gasteiger partial charge in [-0.25, -0.2) is 0 Å². The Morgan fingerprint density at radius 2 is 2.06 bits per heavy atom. The fourth-order valence-electron chi connectivity index (χ4n) is 3.01. The van der Waals surface area contributed by atoms with E-state index in [-0.39, 0.29) is 6.42 Å². The molecule has 0 bridgehead atoms. The molecule has 3 heteroatoms. The maximum absolute atomic E-state index is 10.7. The van der Waals surface area contributed by atoms with Gasteiger partial charge in [-0.15, -0.1) is 0 Å². The first-order chi connectivity index (χ1) is 8.65. The lowest BCUT2D eigenvalue weighted by Gasteiger charge is -2.02. The van der Waals surface area contributed by atoms with Crippen LogP contribution in [0.5, 0.6) is 0 Å². The molecule has 0 spiro atoms. The quantitative estimate of drug-likeness (QED) is 0.870. The number of aryl methyl sites for hydroxylation is 4. The van der Waals surface area contributed by atoms with Crippen molar-refractivity contribution in [2.75, 3.05) is 0 Å². The Morgan fingerprint density at radius 3 is 2.78 bits per heavy atom. The number of aromatic nitrogens is 1. The highest BCUT2D eigenvalue weighted by Crippen LogP contribution is 2.31. The molecule has 1 aromatic carbocycles. The van der Waals surface area contributed by atoms with Crippen LogP contribution in [0.1, 0.15) is 35.2 Å². The van der Waals surface area contributed by atoms with E-state index in [9.17, 15) is 4.79 Å². The molecule has 1 aliphatic carbocycles. The molecule has 0 saturated heterocycles. The van der Waals surface area contributed by atoms with E-state index in [1.54, 1.807) is 0 Å². The third-order valence-electron chi connectivity index (χ3n) is 3.92. The number of carbonyl (C=O) groups is 1. The van der Waals surface area contributed by atoms with E-state index in [0.29, 0.717) is 6.42 Å². The molecule has 1 aliphatic rings. The molecule has 0 aliphatic heterocycles. The molecule has 0 atom stereocenters. The first-order valence-corrected chi connectivity index (χ1v) is 6.50. The van der Waals surface area contributed by atoms with Crippen molar-refractivity contribution in [2.24, 2.45) is 0 Å². The van der Waals surface area contributed by atoms with Gasteiger partial charge in [0.1, 0.15) is 0 Å². The van der Waals surface area contributed by atoms with E-state index in [0.717, 1.165) is 17.6 Å². The third kappa shape index (κ3) is 1.80. The SMILES string of the molecule is Cc1[nH]c2cc3c(cc2c1CCC(=O)O)CCC3. The normalized spacial score (nSPS) is 14.1. The van der Waals surface area contributed by atoms with Crippen molar-refractivity contribution in [3.63, 3.8) is 0 Å². The minimum Gasteiger partial charge on any atom is -0.481 e. The fourth-order valence-corrected chi connectivity index (χ4v) is 3.01. The van der Waals surface area contributed by atoms with Crippen LogP contribution >= 0.6 is 0 Å². The molecular weight excluding hydrogens is 226 g/mol. The van der Waals surface area contributed by atoms with Gasteiger partial charge in [0.05, 0.1) is 0 Å². The van der Waals surface area contributed by atoms with E-state index in [1.165, 1.54) is 34.9 Å². The molecule has 94 valence electrons. The van der Waals surface area contributed by atoms with Crippen molar-refractivity contribution in [1.29, 1.82) is 0 Å². The summed E-state index contributed by atoms with van der Waals surface area (Å²) in [6, 6.07) is 4.51. The van der Waals surface area contributed by atoms with Gasteiger partial charge in [0.15, 0.2) is 0 Å². The number of H-pyrrole nitrogens is 1. The van der Waals surface area contributed by atoms with E-state index >= 15 is 0 Å². The highest BCUT2D eigenvalue weighted by molar-refractivity contribution is 5.87. The molecule has 2 aromatic rings. The average Bonchev–Trinajstić information content (AvgIpc) is 2.86. The number of fused-ring (bicyclic) bond motifs is 2. The Kier molecular flexibility index (Phi) is 2.62. The molecule has 0 radical (unpaired) electrons. The number of hydrogen-bond donors (Lipinski definition) is 2. The Bertz CT molecular complexity index is 625. The predicted octanol–water partition coefficient (Wildman–Crippen LogP) is 2.98. The molecule has 0 amide bonds. The second kappa shape index (κ2) is 4.16. The summed E-state index contributed by atoms with van der Waals surface area (Å²) >= 11 is 0. The van der Waals surface area contributed by atoms with Crippen LogP contribution in [-0.4, -0.2) is 16.1 Å². The third-order valence-corrected chi connectivity index (χ3v) is 3.92. The molecule has 0 saturated carbocycles. The average molecular weight is 243 g/mol. The van der Waals surface area contributed by atoms with Crippen LogP contribution in [0.2, 0.25) is 0 Å². The fraction of sp³-hybridized carbons (Fsp3) is 0.400. The maximum Gasteiger partial charge on any atom is 0.303 e. The predicted molar refractivity (Wildman–Crippen MR) is 71.0 cm³/mol. The van der Waals surface area contributed by atoms with Crippen molar-refractivity contribution in [3.8, 4) is 0 Å². The van der Waals surface area contributed by atoms with Gasteiger partial charge in [-0.3, -0.25) is 4.79 Å². The smallest absolute Gasteiger partial charge is 0.303 e. The topological polar surface area (TPSA) is 53.1 Å². The van der Waals surface area contributed by atoms with Crippen LogP contribution in [0.3, 0.4) is 0 Å². The van der Waals surface area contributed by atoms with Gasteiger partial charge in [0.25, 0.3) is 0 Å². The highest BCUT2D eigenvalue weighted by atomic mass is 16.4. The maximum atomic E-state index is 10.7. The lowest BCUT2D eigenvalue weighted by molar-refractivity contribution is -0.136. The minimum atomic E-state index is -0.732. The number of aromatic amines is 1. The van der Waals surface area contributed by atoms with Gasteiger partial charge in [0, 0.05) is 23.0 Å². The van der Waals surface area contributed by atoms with Crippen molar-refractivity contribution in [2.45, 2.75) is 39.0 Å². The largest absolute Gasteiger partial charge is 0.481 e. The second-order valence-corrected chi connectivity index (χ2v) is 5.14. The van der Waals surface area contributed by atoms with Crippen LogP contribution in [-0.2, 0) is 24.1 Å². The number of carboxylic acid groups (broad SMARTS) is 1. The number of benzene rings is 1. The monoisotopic (exact) mass is 243 g/mol. The standard InChI is InChI=1S/C15H17NO2/c1-9-12(5-6-15(17)18)13-7-10-3-2-4-11(10)8-14(13)16-9/h7-8,16H,2-6H2,1H3,(H,17,18). The van der Waals surface area contributed by atoms with Crippen molar-refractivity contribution in [1.82, 2.24) is 4.98 Å². The van der Waals surface area contributed by atoms with Crippen LogP contribution in [0, 0.1) is 6.92 Å². The van der Waals surface area contributed by atoms with Crippen molar-refractivity contribution in [3.05, 3.63) is 34.5 Å². The number of nitrogens with one attached hydrogen (secondary N) is 1. The molecule has 18 heavy (non-hydrogen) atoms. The van der Waals surface area contributed by atoms with Crippen molar-refractivity contribution < 1.29 is 9.90 Å². The van der Waals surface area contributed by atoms with Crippen LogP contribution < -0.4 is 0 Å². The molecule has 3 nitrogen and oxygen atoms in total. The minimum absolute atomic E-state index is 0.199. The summed E-state index contributed by atoms with van der Waals surface area (Å²) in [7, 11) is 0. The van der Waals surface area contributed by atoms with E-state index in [1.807, 2.05) is 6.92 Å². The summed E-state index contributed by atoms with van der Waals surface area (Å²) in [6.07, 6.45) is 4.39. The van der Waals surface area contributed by atoms with Gasteiger partial charge < -0.3 is 10.1 Å². The zero-order valence-corrected chi connectivity index (χ0v) is 10.5. The summed E-state index contributed by atoms with van der Waals surface area (Å²) < 4.78 is 0. The van der Waals surface area contributed by atoms with Gasteiger partial charge in [-0.05, 0) is 61.4 Å². The van der Waals surface area contributed by atoms with Crippen molar-refractivity contribution >= 4 is 16.9 Å². The number of aliphatic carboxylic acids is 1. The van der Waals surface area contributed by atoms with E-state index in [2.05, 4.69) is 17.1 Å². The first kappa shape index (κ1) is 11.3. The van der Waals surface area contributed by atoms with Gasteiger partial charge in [0.2, 0.25) is 0 Å². The number of rotatable bonds is 3. The van der Waals surface area contributed by atoms with Crippen LogP contribution in [0.4, 0.5) is 0 Å². The summed E-state index contributed by atoms with van der Waals surface area (Å²) in [5.74, 6) is -0.732.